The molecule has 8 atom stereocenters. The van der Waals surface area contributed by atoms with E-state index in [1.165, 1.54) is 57.8 Å². The van der Waals surface area contributed by atoms with Crippen LogP contribution in [-0.4, -0.2) is 90.2 Å². The molecule has 0 radical (unpaired) electrons. The van der Waals surface area contributed by atoms with Gasteiger partial charge in [0.25, 0.3) is 0 Å². The summed E-state index contributed by atoms with van der Waals surface area (Å²) in [5.74, 6) is 0.932. The van der Waals surface area contributed by atoms with Crippen LogP contribution in [0.15, 0.2) is 0 Å². The highest BCUT2D eigenvalue weighted by molar-refractivity contribution is 5.78. The molecule has 3 aliphatic heterocycles. The standard InChI is InChI=1S/C30H59N7O2/c1-4-6-7-12-23(10-5-2)29-35-34-28(36(29)16-17-38)21-31-25-14-9-13-24(18-25)30(39)33-20-26-19-32-27-15-8-11-22(3)37(26)27/h22-29,31-32,34-35,38H,4-21H2,1-3H3,(H,33,39). The molecule has 1 amide bonds. The van der Waals surface area contributed by atoms with Gasteiger partial charge in [0.2, 0.25) is 5.91 Å². The van der Waals surface area contributed by atoms with Crippen LogP contribution in [0.5, 0.6) is 0 Å². The molecule has 8 unspecified atom stereocenters. The van der Waals surface area contributed by atoms with Crippen molar-refractivity contribution in [3.05, 3.63) is 0 Å². The third-order valence-electron chi connectivity index (χ3n) is 9.93. The third kappa shape index (κ3) is 8.37. The smallest absolute Gasteiger partial charge is 0.223 e. The van der Waals surface area contributed by atoms with Crippen molar-refractivity contribution in [1.29, 1.82) is 0 Å². The van der Waals surface area contributed by atoms with Crippen molar-refractivity contribution in [3.8, 4) is 0 Å². The number of nitrogens with zero attached hydrogens (tertiary/aromatic N) is 2. The number of hydrogen-bond donors (Lipinski definition) is 6. The zero-order chi connectivity index (χ0) is 27.6. The number of rotatable bonds is 15. The lowest BCUT2D eigenvalue weighted by molar-refractivity contribution is -0.126. The summed E-state index contributed by atoms with van der Waals surface area (Å²) in [6.45, 7) is 10.3. The van der Waals surface area contributed by atoms with Gasteiger partial charge in [0, 0.05) is 50.2 Å². The second kappa shape index (κ2) is 16.0. The first kappa shape index (κ1) is 31.1. The third-order valence-corrected chi connectivity index (χ3v) is 9.93. The van der Waals surface area contributed by atoms with E-state index in [0.717, 1.165) is 45.3 Å². The van der Waals surface area contributed by atoms with E-state index in [-0.39, 0.29) is 30.8 Å². The minimum absolute atomic E-state index is 0.101. The van der Waals surface area contributed by atoms with E-state index in [9.17, 15) is 9.90 Å². The minimum atomic E-state index is 0.101. The summed E-state index contributed by atoms with van der Waals surface area (Å²) < 4.78 is 0. The van der Waals surface area contributed by atoms with E-state index < -0.39 is 0 Å². The molecular formula is C30H59N7O2. The number of carbonyl (C=O) groups excluding carboxylic acids is 1. The highest BCUT2D eigenvalue weighted by Gasteiger charge is 2.39. The van der Waals surface area contributed by atoms with Gasteiger partial charge >= 0.3 is 0 Å². The first-order chi connectivity index (χ1) is 19.0. The van der Waals surface area contributed by atoms with Crippen molar-refractivity contribution in [2.45, 2.75) is 141 Å². The van der Waals surface area contributed by atoms with Crippen LogP contribution in [0.2, 0.25) is 0 Å². The second-order valence-corrected chi connectivity index (χ2v) is 12.8. The molecule has 9 nitrogen and oxygen atoms in total. The van der Waals surface area contributed by atoms with Gasteiger partial charge in [-0.3, -0.25) is 14.6 Å². The van der Waals surface area contributed by atoms with Crippen LogP contribution in [0.25, 0.3) is 0 Å². The predicted molar refractivity (Wildman–Crippen MR) is 158 cm³/mol. The number of carbonyl (C=O) groups is 1. The Bertz CT molecular complexity index is 727. The van der Waals surface area contributed by atoms with Gasteiger partial charge in [0.05, 0.1) is 25.1 Å². The number of fused-ring (bicyclic) bond motifs is 1. The number of aliphatic hydroxyl groups excluding tert-OH is 1. The summed E-state index contributed by atoms with van der Waals surface area (Å²) in [6, 6.07) is 1.37. The number of nitrogens with one attached hydrogen (secondary N) is 5. The van der Waals surface area contributed by atoms with Gasteiger partial charge in [-0.05, 0) is 64.2 Å². The molecule has 0 aromatic heterocycles. The van der Waals surface area contributed by atoms with Crippen molar-refractivity contribution in [1.82, 2.24) is 36.6 Å². The Hall–Kier alpha value is -0.810. The maximum absolute atomic E-state index is 13.2. The summed E-state index contributed by atoms with van der Waals surface area (Å²) in [5, 5.41) is 20.6. The topological polar surface area (TPSA) is 104 Å². The van der Waals surface area contributed by atoms with Gasteiger partial charge in [-0.1, -0.05) is 46.0 Å². The van der Waals surface area contributed by atoms with Crippen LogP contribution in [0.1, 0.15) is 104 Å². The Labute approximate surface area is 237 Å². The molecule has 1 saturated carbocycles. The Kier molecular flexibility index (Phi) is 12.8. The van der Waals surface area contributed by atoms with E-state index in [1.54, 1.807) is 0 Å². The zero-order valence-corrected chi connectivity index (χ0v) is 25.1. The molecule has 1 aliphatic carbocycles. The largest absolute Gasteiger partial charge is 0.395 e. The number of aliphatic hydroxyl groups is 1. The van der Waals surface area contributed by atoms with Crippen LogP contribution in [0, 0.1) is 11.8 Å². The molecule has 226 valence electrons. The summed E-state index contributed by atoms with van der Waals surface area (Å²) in [5.41, 5.74) is 7.12. The SMILES string of the molecule is CCCCCC(CCC)C1NNC(CNC2CCCC(C(=O)NCC3CNC4CCCC(C)N34)C2)N1CCO. The van der Waals surface area contributed by atoms with Crippen LogP contribution in [-0.2, 0) is 4.79 Å². The fraction of sp³-hybridized carbons (Fsp3) is 0.967. The number of hydrazine groups is 1. The molecule has 0 aromatic rings. The first-order valence-electron chi connectivity index (χ1n) is 16.4. The van der Waals surface area contributed by atoms with Crippen molar-refractivity contribution < 1.29 is 9.90 Å². The number of β-amino-alcohol motifs (C(OH)–C–C–N with tert-alkyl or cyclic N) is 1. The normalized spacial score (nSPS) is 34.7. The molecule has 4 aliphatic rings. The highest BCUT2D eigenvalue weighted by Crippen LogP contribution is 2.29. The lowest BCUT2D eigenvalue weighted by Crippen LogP contribution is -2.52. The van der Waals surface area contributed by atoms with E-state index in [4.69, 9.17) is 0 Å². The fourth-order valence-electron chi connectivity index (χ4n) is 7.84. The summed E-state index contributed by atoms with van der Waals surface area (Å²) in [7, 11) is 0. The van der Waals surface area contributed by atoms with Crippen LogP contribution in [0.3, 0.4) is 0 Å². The molecule has 4 fully saturated rings. The molecule has 39 heavy (non-hydrogen) atoms. The fourth-order valence-corrected chi connectivity index (χ4v) is 7.84. The van der Waals surface area contributed by atoms with Crippen molar-refractivity contribution in [3.63, 3.8) is 0 Å². The molecule has 9 heteroatoms. The second-order valence-electron chi connectivity index (χ2n) is 12.8. The van der Waals surface area contributed by atoms with E-state index >= 15 is 0 Å². The molecule has 0 aromatic carbocycles. The van der Waals surface area contributed by atoms with Crippen LogP contribution < -0.4 is 26.8 Å². The van der Waals surface area contributed by atoms with Gasteiger partial charge in [-0.25, -0.2) is 10.9 Å². The number of hydrogen-bond acceptors (Lipinski definition) is 8. The quantitative estimate of drug-likeness (QED) is 0.173. The summed E-state index contributed by atoms with van der Waals surface area (Å²) in [4.78, 5) is 18.2. The molecule has 3 saturated heterocycles. The number of amides is 1. The maximum Gasteiger partial charge on any atom is 0.223 e. The van der Waals surface area contributed by atoms with E-state index in [1.807, 2.05) is 0 Å². The molecule has 4 rings (SSSR count). The molecule has 3 heterocycles. The molecular weight excluding hydrogens is 490 g/mol. The van der Waals surface area contributed by atoms with Crippen LogP contribution in [0.4, 0.5) is 0 Å². The summed E-state index contributed by atoms with van der Waals surface area (Å²) >= 11 is 0. The van der Waals surface area contributed by atoms with Gasteiger partial charge in [-0.15, -0.1) is 0 Å². The highest BCUT2D eigenvalue weighted by atomic mass is 16.3. The zero-order valence-electron chi connectivity index (χ0n) is 25.1. The van der Waals surface area contributed by atoms with Gasteiger partial charge in [0.1, 0.15) is 0 Å². The monoisotopic (exact) mass is 549 g/mol. The summed E-state index contributed by atoms with van der Waals surface area (Å²) in [6.07, 6.45) is 16.3. The van der Waals surface area contributed by atoms with Crippen LogP contribution >= 0.6 is 0 Å². The molecule has 0 spiro atoms. The van der Waals surface area contributed by atoms with E-state index in [2.05, 4.69) is 57.4 Å². The Morgan fingerprint density at radius 2 is 1.87 bits per heavy atom. The van der Waals surface area contributed by atoms with Gasteiger partial charge in [0.15, 0.2) is 0 Å². The molecule has 6 N–H and O–H groups in total. The predicted octanol–water partition coefficient (Wildman–Crippen LogP) is 2.47. The lowest BCUT2D eigenvalue weighted by atomic mass is 9.85. The molecule has 0 bridgehead atoms. The maximum atomic E-state index is 13.2. The Morgan fingerprint density at radius 1 is 1.03 bits per heavy atom. The lowest BCUT2D eigenvalue weighted by Gasteiger charge is -2.39. The Morgan fingerprint density at radius 3 is 2.67 bits per heavy atom. The first-order valence-corrected chi connectivity index (χ1v) is 16.4. The van der Waals surface area contributed by atoms with Crippen molar-refractivity contribution in [2.24, 2.45) is 11.8 Å². The average molecular weight is 550 g/mol. The number of piperidine rings is 1. The number of unbranched alkanes of at least 4 members (excludes halogenated alkanes) is 2. The average Bonchev–Trinajstić information content (AvgIpc) is 3.55. The van der Waals surface area contributed by atoms with Crippen molar-refractivity contribution >= 4 is 5.91 Å². The Balaban J connectivity index is 1.23. The minimum Gasteiger partial charge on any atom is -0.395 e. The van der Waals surface area contributed by atoms with Crippen molar-refractivity contribution in [2.75, 3.05) is 32.8 Å². The van der Waals surface area contributed by atoms with Gasteiger partial charge < -0.3 is 21.1 Å². The van der Waals surface area contributed by atoms with E-state index in [0.29, 0.717) is 36.8 Å². The van der Waals surface area contributed by atoms with Gasteiger partial charge in [-0.2, -0.15) is 0 Å².